The Morgan fingerprint density at radius 3 is 1.50 bits per heavy atom. The average molecular weight is 118 g/mol. The molecule has 0 atom stereocenters. The number of nitrogens with two attached hydrogens (primary N) is 4. The largest absolute Gasteiger partial charge is 0.388 e. The van der Waals surface area contributed by atoms with Crippen molar-refractivity contribution < 1.29 is 0 Å². The van der Waals surface area contributed by atoms with Gasteiger partial charge in [-0.25, -0.2) is 5.26 Å². The molecule has 0 heterocycles. The molecule has 0 rings (SSSR count). The maximum Gasteiger partial charge on any atom is 0.105 e. The first kappa shape index (κ1) is 15.9. The minimum Gasteiger partial charge on any atom is -0.388 e. The van der Waals surface area contributed by atoms with Crippen LogP contribution in [0.25, 0.3) is 0 Å². The van der Waals surface area contributed by atoms with Gasteiger partial charge in [0.1, 0.15) is 6.34 Å². The molecule has 0 aliphatic carbocycles. The number of rotatable bonds is 0. The van der Waals surface area contributed by atoms with Crippen LogP contribution in [-0.4, -0.2) is 6.34 Å². The van der Waals surface area contributed by atoms with Crippen molar-refractivity contribution in [2.75, 3.05) is 0 Å². The lowest BCUT2D eigenvalue weighted by molar-refractivity contribution is 1.25. The highest BCUT2D eigenvalue weighted by Gasteiger charge is 1.29. The van der Waals surface area contributed by atoms with Gasteiger partial charge in [-0.2, -0.15) is 5.10 Å². The fourth-order valence-electron chi connectivity index (χ4n) is 0. The summed E-state index contributed by atoms with van der Waals surface area (Å²) in [7, 11) is 0. The minimum absolute atomic E-state index is 1.03. The molecule has 0 aliphatic rings. The number of hydrogen-bond acceptors (Lipinski definition) is 5. The van der Waals surface area contributed by atoms with Gasteiger partial charge in [-0.05, 0) is 0 Å². The molecular weight excluding hydrogens is 108 g/mol. The first-order chi connectivity index (χ1) is 3.91. The molecule has 0 radical (unpaired) electrons. The molecule has 8 heavy (non-hydrogen) atoms. The summed E-state index contributed by atoms with van der Waals surface area (Å²) in [6, 6.07) is 0. The number of hydrogen-bond donors (Lipinski definition) is 4. The minimum atomic E-state index is 1.03. The van der Waals surface area contributed by atoms with Gasteiger partial charge in [0.25, 0.3) is 0 Å². The summed E-state index contributed by atoms with van der Waals surface area (Å²) >= 11 is 0. The molecule has 0 unspecified atom stereocenters. The van der Waals surface area contributed by atoms with Gasteiger partial charge in [-0.15, -0.1) is 0 Å². The monoisotopic (exact) mass is 118 g/mol. The molecule has 0 aliphatic heterocycles. The van der Waals surface area contributed by atoms with E-state index in [0.29, 0.717) is 0 Å². The lowest BCUT2D eigenvalue weighted by Crippen LogP contribution is -2.02. The molecule has 8 N–H and O–H groups in total. The lowest BCUT2D eigenvalue weighted by Gasteiger charge is -1.57. The van der Waals surface area contributed by atoms with Crippen LogP contribution in [0.4, 0.5) is 0 Å². The third-order valence-corrected chi connectivity index (χ3v) is 0.0861. The Hall–Kier alpha value is -1.32. The summed E-state index contributed by atoms with van der Waals surface area (Å²) in [5, 5.41) is 9.39. The van der Waals surface area contributed by atoms with E-state index in [0.717, 1.165) is 6.34 Å². The Morgan fingerprint density at radius 1 is 1.38 bits per heavy atom. The van der Waals surface area contributed by atoms with E-state index in [4.69, 9.17) is 5.26 Å². The van der Waals surface area contributed by atoms with Crippen LogP contribution in [0.15, 0.2) is 5.10 Å². The molecule has 0 amide bonds. The quantitative estimate of drug-likeness (QED) is 0.124. The number of hydrazine groups is 1. The smallest absolute Gasteiger partial charge is 0.105 e. The fraction of sp³-hybridized carbons (Fsp3) is 0. The van der Waals surface area contributed by atoms with Gasteiger partial charge in [0, 0.05) is 6.57 Å². The maximum absolute atomic E-state index is 6.50. The number of nitriles is 1. The normalized spacial score (nSPS) is 5.50. The van der Waals surface area contributed by atoms with E-state index in [1.165, 1.54) is 0 Å². The third-order valence-electron chi connectivity index (χ3n) is 0.0861. The molecule has 6 nitrogen and oxygen atoms in total. The van der Waals surface area contributed by atoms with E-state index in [1.54, 1.807) is 0 Å². The number of nitrogens with zero attached hydrogens (tertiary/aromatic N) is 2. The Balaban J connectivity index is -0.0000000542. The summed E-state index contributed by atoms with van der Waals surface area (Å²) in [6.45, 7) is 3.50. The first-order valence-electron chi connectivity index (χ1n) is 1.44. The lowest BCUT2D eigenvalue weighted by atomic mass is 11.4. The van der Waals surface area contributed by atoms with Gasteiger partial charge >= 0.3 is 0 Å². The van der Waals surface area contributed by atoms with Gasteiger partial charge in [0.05, 0.1) is 0 Å². The van der Waals surface area contributed by atoms with Gasteiger partial charge in [-0.1, -0.05) is 0 Å². The van der Waals surface area contributed by atoms with Crippen LogP contribution in [0.1, 0.15) is 0 Å². The van der Waals surface area contributed by atoms with Crippen LogP contribution in [0.2, 0.25) is 0 Å². The van der Waals surface area contributed by atoms with Crippen molar-refractivity contribution in [3.63, 3.8) is 0 Å². The maximum atomic E-state index is 6.50. The molecule has 48 valence electrons. The Bertz CT molecular complexity index is 41.7. The molecule has 0 bridgehead atoms. The fourth-order valence-corrected chi connectivity index (χ4v) is 0. The van der Waals surface area contributed by atoms with Gasteiger partial charge in [0.15, 0.2) is 0 Å². The molecule has 0 saturated heterocycles. The molecule has 0 fully saturated rings. The van der Waals surface area contributed by atoms with Crippen molar-refractivity contribution >= 4 is 6.34 Å². The van der Waals surface area contributed by atoms with Crippen LogP contribution in [0, 0.1) is 11.8 Å². The van der Waals surface area contributed by atoms with Crippen molar-refractivity contribution in [3.8, 4) is 6.57 Å². The molecule has 0 aromatic heterocycles. The highest BCUT2D eigenvalue weighted by atomic mass is 15.1. The Labute approximate surface area is 47.7 Å². The van der Waals surface area contributed by atoms with E-state index in [9.17, 15) is 0 Å². The van der Waals surface area contributed by atoms with Crippen molar-refractivity contribution in [1.29, 1.82) is 5.26 Å². The zero-order valence-corrected chi connectivity index (χ0v) is 4.36. The highest BCUT2D eigenvalue weighted by molar-refractivity contribution is 5.50. The zero-order chi connectivity index (χ0) is 7.41. The summed E-state index contributed by atoms with van der Waals surface area (Å²) in [6.07, 6.45) is 1.03. The molecule has 0 spiro atoms. The van der Waals surface area contributed by atoms with Crippen LogP contribution in [0.3, 0.4) is 0 Å². The summed E-state index contributed by atoms with van der Waals surface area (Å²) in [5.41, 5.74) is 4.61. The highest BCUT2D eigenvalue weighted by Crippen LogP contribution is 1.16. The molecule has 0 aromatic carbocycles. The van der Waals surface area contributed by atoms with Crippen LogP contribution in [-0.2, 0) is 0 Å². The molecule has 0 saturated carbocycles. The van der Waals surface area contributed by atoms with Crippen molar-refractivity contribution in [1.82, 2.24) is 0 Å². The molecule has 0 aromatic rings. The van der Waals surface area contributed by atoms with E-state index < -0.39 is 0 Å². The zero-order valence-electron chi connectivity index (χ0n) is 4.36. The van der Waals surface area contributed by atoms with Gasteiger partial charge in [-0.3, -0.25) is 11.7 Å². The Morgan fingerprint density at radius 2 is 1.50 bits per heavy atom. The standard InChI is InChI=1S/CH5N3.CHN.H4N2/c2-1-4-3;2*1-2/h1H,3H2,(H2,2,4);1H;1-2H2. The van der Waals surface area contributed by atoms with E-state index in [2.05, 4.69) is 34.9 Å². The second-order valence-electron chi connectivity index (χ2n) is 0.298. The summed E-state index contributed by atoms with van der Waals surface area (Å²) < 4.78 is 0. The Kier molecular flexibility index (Phi) is 535. The average Bonchev–Trinajstić information content (AvgIpc) is 1.96. The van der Waals surface area contributed by atoms with E-state index in [-0.39, 0.29) is 0 Å². The van der Waals surface area contributed by atoms with E-state index in [1.807, 2.05) is 0 Å². The molecule has 6 heteroatoms. The predicted octanol–water partition coefficient (Wildman–Crippen LogP) is -2.19. The van der Waals surface area contributed by atoms with Crippen LogP contribution < -0.4 is 23.3 Å². The second-order valence-corrected chi connectivity index (χ2v) is 0.298. The van der Waals surface area contributed by atoms with Gasteiger partial charge in [0.2, 0.25) is 0 Å². The van der Waals surface area contributed by atoms with Crippen molar-refractivity contribution in [3.05, 3.63) is 0 Å². The summed E-state index contributed by atoms with van der Waals surface area (Å²) in [5.74, 6) is 12.5. The van der Waals surface area contributed by atoms with E-state index >= 15 is 0 Å². The number of hydrazone groups is 1. The third kappa shape index (κ3) is 619. The predicted molar refractivity (Wildman–Crippen MR) is 31.9 cm³/mol. The summed E-state index contributed by atoms with van der Waals surface area (Å²) in [4.78, 5) is 0. The van der Waals surface area contributed by atoms with Crippen molar-refractivity contribution in [2.24, 2.45) is 28.4 Å². The topological polar surface area (TPSA) is 140 Å². The second kappa shape index (κ2) is 269. The van der Waals surface area contributed by atoms with Crippen LogP contribution >= 0.6 is 0 Å². The molecular formula is C2H10N6. The van der Waals surface area contributed by atoms with Crippen LogP contribution in [0.5, 0.6) is 0 Å². The first-order valence-corrected chi connectivity index (χ1v) is 1.44. The van der Waals surface area contributed by atoms with Gasteiger partial charge < -0.3 is 11.6 Å². The SMILES string of the molecule is C#N.N/C=N\N.NN. The van der Waals surface area contributed by atoms with Crippen molar-refractivity contribution in [2.45, 2.75) is 0 Å².